The third kappa shape index (κ3) is 6.12. The number of esters is 1. The summed E-state index contributed by atoms with van der Waals surface area (Å²) in [6.45, 7) is 2.81. The molecule has 0 spiro atoms. The zero-order valence-electron chi connectivity index (χ0n) is 12.2. The Morgan fingerprint density at radius 3 is 2.43 bits per heavy atom. The van der Waals surface area contributed by atoms with Gasteiger partial charge < -0.3 is 9.47 Å². The van der Waals surface area contributed by atoms with Crippen LogP contribution in [0, 0.1) is 0 Å². The number of carbonyl (C=O) groups excluding carboxylic acids is 2. The number of hydrogen-bond acceptors (Lipinski definition) is 4. The molecule has 0 aliphatic rings. The Kier molecular flexibility index (Phi) is 7.75. The highest BCUT2D eigenvalue weighted by Crippen LogP contribution is 2.18. The minimum Gasteiger partial charge on any atom is -0.494 e. The highest BCUT2D eigenvalue weighted by atomic mass is 79.9. The molecule has 0 heterocycles. The Hall–Kier alpha value is -1.62. The van der Waals surface area contributed by atoms with Gasteiger partial charge in [-0.2, -0.15) is 0 Å². The van der Waals surface area contributed by atoms with Crippen LogP contribution in [-0.2, 0) is 9.53 Å². The maximum Gasteiger partial charge on any atom is 0.331 e. The van der Waals surface area contributed by atoms with Crippen molar-refractivity contribution in [3.63, 3.8) is 0 Å². The monoisotopic (exact) mass is 354 g/mol. The molecule has 0 aliphatic carbocycles. The van der Waals surface area contributed by atoms with Crippen LogP contribution < -0.4 is 4.74 Å². The van der Waals surface area contributed by atoms with Crippen molar-refractivity contribution in [1.82, 2.24) is 0 Å². The predicted molar refractivity (Wildman–Crippen MR) is 84.8 cm³/mol. The van der Waals surface area contributed by atoms with Crippen LogP contribution >= 0.6 is 15.9 Å². The van der Waals surface area contributed by atoms with Crippen LogP contribution in [0.15, 0.2) is 34.8 Å². The molecule has 0 fully saturated rings. The second kappa shape index (κ2) is 9.34. The third-order valence-electron chi connectivity index (χ3n) is 2.80. The molecule has 0 unspecified atom stereocenters. The zero-order valence-corrected chi connectivity index (χ0v) is 13.8. The summed E-state index contributed by atoms with van der Waals surface area (Å²) in [7, 11) is 1.26. The highest BCUT2D eigenvalue weighted by molar-refractivity contribution is 9.12. The van der Waals surface area contributed by atoms with Gasteiger partial charge in [-0.15, -0.1) is 0 Å². The first kappa shape index (κ1) is 17.4. The molecule has 0 bridgehead atoms. The molecule has 0 atom stereocenters. The molecule has 1 aromatic carbocycles. The lowest BCUT2D eigenvalue weighted by Crippen LogP contribution is -2.03. The lowest BCUT2D eigenvalue weighted by molar-refractivity contribution is -0.134. The molecule has 0 saturated heterocycles. The van der Waals surface area contributed by atoms with Gasteiger partial charge in [0, 0.05) is 11.6 Å². The fourth-order valence-electron chi connectivity index (χ4n) is 1.61. The molecule has 1 aromatic rings. The van der Waals surface area contributed by atoms with E-state index in [1.165, 1.54) is 7.11 Å². The molecule has 114 valence electrons. The van der Waals surface area contributed by atoms with Crippen molar-refractivity contribution in [3.8, 4) is 5.75 Å². The fraction of sp³-hybridized carbons (Fsp3) is 0.375. The fourth-order valence-corrected chi connectivity index (χ4v) is 2.03. The first-order valence-corrected chi connectivity index (χ1v) is 7.60. The Morgan fingerprint density at radius 2 is 1.86 bits per heavy atom. The molecular formula is C16H19BrO4. The van der Waals surface area contributed by atoms with Gasteiger partial charge in [0.25, 0.3) is 0 Å². The summed E-state index contributed by atoms with van der Waals surface area (Å²) in [6, 6.07) is 6.84. The number of Topliss-reactive ketones (excluding diaryl/α,β-unsaturated/α-hetero) is 1. The standard InChI is InChI=1S/C16H19BrO4/c1-3-4-5-10-21-13-8-6-12(7-9-13)16(19)14(17)11-15(18)20-2/h6-9,11H,3-5,10H2,1-2H3/b14-11-. The first-order valence-electron chi connectivity index (χ1n) is 6.81. The van der Waals surface area contributed by atoms with E-state index in [-0.39, 0.29) is 10.3 Å². The van der Waals surface area contributed by atoms with Crippen molar-refractivity contribution >= 4 is 27.7 Å². The number of halogens is 1. The van der Waals surface area contributed by atoms with Crippen molar-refractivity contribution in [2.24, 2.45) is 0 Å². The van der Waals surface area contributed by atoms with Gasteiger partial charge in [0.2, 0.25) is 0 Å². The van der Waals surface area contributed by atoms with Crippen LogP contribution in [0.1, 0.15) is 36.5 Å². The topological polar surface area (TPSA) is 52.6 Å². The number of methoxy groups -OCH3 is 1. The lowest BCUT2D eigenvalue weighted by Gasteiger charge is -2.06. The van der Waals surface area contributed by atoms with E-state index in [1.807, 2.05) is 0 Å². The second-order valence-corrected chi connectivity index (χ2v) is 5.28. The zero-order chi connectivity index (χ0) is 15.7. The van der Waals surface area contributed by atoms with Crippen molar-refractivity contribution in [1.29, 1.82) is 0 Å². The second-order valence-electron chi connectivity index (χ2n) is 4.42. The molecule has 0 amide bonds. The number of carbonyl (C=O) groups is 2. The lowest BCUT2D eigenvalue weighted by atomic mass is 10.1. The molecular weight excluding hydrogens is 336 g/mol. The summed E-state index contributed by atoms with van der Waals surface area (Å²) < 4.78 is 10.2. The summed E-state index contributed by atoms with van der Waals surface area (Å²) in [6.07, 6.45) is 4.42. The summed E-state index contributed by atoms with van der Waals surface area (Å²) in [5, 5.41) is 0. The molecule has 21 heavy (non-hydrogen) atoms. The number of allylic oxidation sites excluding steroid dienone is 1. The number of unbranched alkanes of at least 4 members (excludes halogenated alkanes) is 2. The van der Waals surface area contributed by atoms with Crippen LogP contribution in [0.3, 0.4) is 0 Å². The molecule has 0 N–H and O–H groups in total. The number of hydrogen-bond donors (Lipinski definition) is 0. The Labute approximate surface area is 133 Å². The molecule has 1 rings (SSSR count). The average molecular weight is 355 g/mol. The smallest absolute Gasteiger partial charge is 0.331 e. The summed E-state index contributed by atoms with van der Waals surface area (Å²) in [4.78, 5) is 23.1. The van der Waals surface area contributed by atoms with Crippen LogP contribution in [-0.4, -0.2) is 25.5 Å². The third-order valence-corrected chi connectivity index (χ3v) is 3.38. The minimum absolute atomic E-state index is 0.158. The molecule has 0 aliphatic heterocycles. The van der Waals surface area contributed by atoms with E-state index in [2.05, 4.69) is 27.6 Å². The number of ketones is 1. The van der Waals surface area contributed by atoms with Crippen LogP contribution in [0.2, 0.25) is 0 Å². The van der Waals surface area contributed by atoms with Crippen molar-refractivity contribution in [2.75, 3.05) is 13.7 Å². The maximum absolute atomic E-state index is 12.0. The quantitative estimate of drug-likeness (QED) is 0.307. The van der Waals surface area contributed by atoms with Crippen molar-refractivity contribution in [2.45, 2.75) is 26.2 Å². The van der Waals surface area contributed by atoms with Crippen molar-refractivity contribution in [3.05, 3.63) is 40.4 Å². The summed E-state index contributed by atoms with van der Waals surface area (Å²) in [5.74, 6) is -0.125. The Bertz CT molecular complexity index is 506. The van der Waals surface area contributed by atoms with E-state index in [0.29, 0.717) is 12.2 Å². The van der Waals surface area contributed by atoms with E-state index in [1.54, 1.807) is 24.3 Å². The van der Waals surface area contributed by atoms with E-state index in [9.17, 15) is 9.59 Å². The van der Waals surface area contributed by atoms with Gasteiger partial charge in [-0.1, -0.05) is 19.8 Å². The summed E-state index contributed by atoms with van der Waals surface area (Å²) in [5.41, 5.74) is 0.475. The molecule has 5 heteroatoms. The molecule has 0 saturated carbocycles. The molecule has 0 radical (unpaired) electrons. The largest absolute Gasteiger partial charge is 0.494 e. The number of ether oxygens (including phenoxy) is 2. The Balaban J connectivity index is 2.63. The Morgan fingerprint density at radius 1 is 1.19 bits per heavy atom. The van der Waals surface area contributed by atoms with E-state index >= 15 is 0 Å². The molecule has 4 nitrogen and oxygen atoms in total. The van der Waals surface area contributed by atoms with Crippen LogP contribution in [0.4, 0.5) is 0 Å². The van der Waals surface area contributed by atoms with Gasteiger partial charge in [-0.25, -0.2) is 4.79 Å². The number of rotatable bonds is 8. The van der Waals surface area contributed by atoms with Gasteiger partial charge in [0.05, 0.1) is 18.2 Å². The van der Waals surface area contributed by atoms with Crippen molar-refractivity contribution < 1.29 is 19.1 Å². The van der Waals surface area contributed by atoms with Gasteiger partial charge in [0.15, 0.2) is 5.78 Å². The van der Waals surface area contributed by atoms with Crippen LogP contribution in [0.25, 0.3) is 0 Å². The van der Waals surface area contributed by atoms with Gasteiger partial charge in [-0.05, 0) is 46.6 Å². The predicted octanol–water partition coefficient (Wildman–Crippen LogP) is 3.89. The SMILES string of the molecule is CCCCCOc1ccc(C(=O)/C(Br)=C/C(=O)OC)cc1. The average Bonchev–Trinajstić information content (AvgIpc) is 2.51. The van der Waals surface area contributed by atoms with Crippen LogP contribution in [0.5, 0.6) is 5.75 Å². The highest BCUT2D eigenvalue weighted by Gasteiger charge is 2.11. The van der Waals surface area contributed by atoms with E-state index < -0.39 is 5.97 Å². The van der Waals surface area contributed by atoms with Gasteiger partial charge in [0.1, 0.15) is 5.75 Å². The normalized spacial score (nSPS) is 11.1. The minimum atomic E-state index is -0.578. The van der Waals surface area contributed by atoms with Gasteiger partial charge in [-0.3, -0.25) is 4.79 Å². The molecule has 0 aromatic heterocycles. The van der Waals surface area contributed by atoms with E-state index in [0.717, 1.165) is 31.1 Å². The summed E-state index contributed by atoms with van der Waals surface area (Å²) >= 11 is 3.08. The number of benzene rings is 1. The maximum atomic E-state index is 12.0. The first-order chi connectivity index (χ1) is 10.1. The van der Waals surface area contributed by atoms with E-state index in [4.69, 9.17) is 4.74 Å². The van der Waals surface area contributed by atoms with Gasteiger partial charge >= 0.3 is 5.97 Å².